The van der Waals surface area contributed by atoms with E-state index in [1.165, 1.54) is 6.07 Å². The first kappa shape index (κ1) is 26.8. The van der Waals surface area contributed by atoms with Gasteiger partial charge in [-0.3, -0.25) is 14.6 Å². The smallest absolute Gasteiger partial charge is 0.256 e. The van der Waals surface area contributed by atoms with Crippen molar-refractivity contribution < 1.29 is 28.6 Å². The molecule has 1 saturated heterocycles. The number of aromatic hydroxyl groups is 1. The van der Waals surface area contributed by atoms with Crippen molar-refractivity contribution >= 4 is 20.5 Å². The number of rotatable bonds is 9. The number of aldehydes is 1. The second-order valence-electron chi connectivity index (χ2n) is 10.2. The van der Waals surface area contributed by atoms with Gasteiger partial charge in [-0.15, -0.1) is 0 Å². The van der Waals surface area contributed by atoms with Crippen molar-refractivity contribution in [2.75, 3.05) is 33.0 Å². The summed E-state index contributed by atoms with van der Waals surface area (Å²) in [7, 11) is -1.90. The van der Waals surface area contributed by atoms with Crippen molar-refractivity contribution in [2.45, 2.75) is 51.4 Å². The van der Waals surface area contributed by atoms with Crippen LogP contribution >= 0.6 is 0 Å². The van der Waals surface area contributed by atoms with Crippen molar-refractivity contribution in [3.05, 3.63) is 53.3 Å². The third kappa shape index (κ3) is 6.48. The van der Waals surface area contributed by atoms with Gasteiger partial charge in [-0.2, -0.15) is 0 Å². The van der Waals surface area contributed by atoms with E-state index in [1.54, 1.807) is 35.4 Å². The Morgan fingerprint density at radius 2 is 2.06 bits per heavy atom. The molecular weight excluding hydrogens is 464 g/mol. The Hall–Kier alpha value is -2.75. The van der Waals surface area contributed by atoms with E-state index in [4.69, 9.17) is 13.9 Å². The van der Waals surface area contributed by atoms with E-state index in [0.717, 1.165) is 0 Å². The average Bonchev–Trinajstić information content (AvgIpc) is 2.82. The normalized spacial score (nSPS) is 16.7. The maximum Gasteiger partial charge on any atom is 0.256 e. The topological polar surface area (TPSA) is 98.2 Å². The Balaban J connectivity index is 1.71. The zero-order valence-electron chi connectivity index (χ0n) is 21.2. The van der Waals surface area contributed by atoms with Gasteiger partial charge in [0.15, 0.2) is 14.6 Å². The lowest BCUT2D eigenvalue weighted by Gasteiger charge is -2.36. The fourth-order valence-corrected chi connectivity index (χ4v) is 4.67. The number of nitrogens with zero attached hydrogens (tertiary/aromatic N) is 2. The summed E-state index contributed by atoms with van der Waals surface area (Å²) in [4.78, 5) is 31.2. The highest BCUT2D eigenvalue weighted by Gasteiger charge is 2.37. The Kier molecular flexibility index (Phi) is 8.68. The number of phenols is 1. The zero-order valence-corrected chi connectivity index (χ0v) is 22.2. The Morgan fingerprint density at radius 3 is 2.77 bits per heavy atom. The standard InChI is InChI=1S/C26H36N2O6Si/c1-26(2,3)35(4,5)34-14-11-22-20(8-7-12-27-22)25(31)28-13-15-32-17-19(28)18-33-24-10-6-9-23(30)21(24)16-29/h6-10,12,16,19,30H,11,13-15,17-18H2,1-5H3/t19-/m1/s1. The van der Waals surface area contributed by atoms with E-state index in [2.05, 4.69) is 38.8 Å². The lowest BCUT2D eigenvalue weighted by molar-refractivity contribution is -0.0152. The molecule has 0 unspecified atom stereocenters. The van der Waals surface area contributed by atoms with E-state index >= 15 is 0 Å². The SMILES string of the molecule is CC(C)(C)[Si](C)(C)OCCc1ncccc1C(=O)N1CCOC[C@@H]1COc1cccc(O)c1C=O. The highest BCUT2D eigenvalue weighted by Crippen LogP contribution is 2.36. The number of hydrogen-bond donors (Lipinski definition) is 1. The number of pyridine rings is 1. The average molecular weight is 501 g/mol. The quantitative estimate of drug-likeness (QED) is 0.409. The van der Waals surface area contributed by atoms with Gasteiger partial charge in [0.05, 0.1) is 36.1 Å². The molecule has 0 spiro atoms. The molecule has 1 atom stereocenters. The Labute approximate surface area is 208 Å². The summed E-state index contributed by atoms with van der Waals surface area (Å²) in [5, 5.41) is 10.0. The van der Waals surface area contributed by atoms with Crippen LogP contribution in [0.4, 0.5) is 0 Å². The fraction of sp³-hybridized carbons (Fsp3) is 0.500. The number of aromatic nitrogens is 1. The molecule has 190 valence electrons. The number of carbonyl (C=O) groups is 2. The zero-order chi connectivity index (χ0) is 25.6. The number of ether oxygens (including phenoxy) is 2. The summed E-state index contributed by atoms with van der Waals surface area (Å²) < 4.78 is 17.7. The van der Waals surface area contributed by atoms with Crippen LogP contribution in [-0.2, 0) is 15.6 Å². The van der Waals surface area contributed by atoms with Crippen LogP contribution in [0.5, 0.6) is 11.5 Å². The minimum absolute atomic E-state index is 0.0818. The summed E-state index contributed by atoms with van der Waals surface area (Å²) in [5.74, 6) is -0.0167. The van der Waals surface area contributed by atoms with E-state index in [-0.39, 0.29) is 40.7 Å². The van der Waals surface area contributed by atoms with Gasteiger partial charge in [-0.1, -0.05) is 26.8 Å². The number of phenolic OH excluding ortho intramolecular Hbond substituents is 1. The van der Waals surface area contributed by atoms with Crippen molar-refractivity contribution in [1.29, 1.82) is 0 Å². The summed E-state index contributed by atoms with van der Waals surface area (Å²) in [6.45, 7) is 12.8. The number of hydrogen-bond acceptors (Lipinski definition) is 7. The van der Waals surface area contributed by atoms with Gasteiger partial charge >= 0.3 is 0 Å². The number of morpholine rings is 1. The number of benzene rings is 1. The molecule has 1 N–H and O–H groups in total. The monoisotopic (exact) mass is 500 g/mol. The number of carbonyl (C=O) groups excluding carboxylic acids is 2. The van der Waals surface area contributed by atoms with Crippen LogP contribution in [0.25, 0.3) is 0 Å². The van der Waals surface area contributed by atoms with Crippen LogP contribution in [0.2, 0.25) is 18.1 Å². The molecule has 1 amide bonds. The molecule has 2 heterocycles. The molecule has 0 saturated carbocycles. The van der Waals surface area contributed by atoms with E-state index in [0.29, 0.717) is 50.3 Å². The third-order valence-electron chi connectivity index (χ3n) is 6.81. The summed E-state index contributed by atoms with van der Waals surface area (Å²) in [5.41, 5.74) is 1.33. The van der Waals surface area contributed by atoms with Gasteiger partial charge < -0.3 is 23.9 Å². The molecule has 2 aromatic rings. The number of amides is 1. The summed E-state index contributed by atoms with van der Waals surface area (Å²) in [6.07, 6.45) is 2.80. The first-order valence-electron chi connectivity index (χ1n) is 11.9. The highest BCUT2D eigenvalue weighted by molar-refractivity contribution is 6.74. The molecule has 1 aromatic carbocycles. The molecule has 1 fully saturated rings. The molecule has 3 rings (SSSR count). The van der Waals surface area contributed by atoms with Gasteiger partial charge in [0, 0.05) is 25.8 Å². The molecule has 9 heteroatoms. The summed E-state index contributed by atoms with van der Waals surface area (Å²) in [6, 6.07) is 7.85. The first-order valence-corrected chi connectivity index (χ1v) is 14.8. The predicted molar refractivity (Wildman–Crippen MR) is 136 cm³/mol. The van der Waals surface area contributed by atoms with Crippen LogP contribution in [0.1, 0.15) is 47.2 Å². The third-order valence-corrected chi connectivity index (χ3v) is 11.3. The molecule has 0 bridgehead atoms. The van der Waals surface area contributed by atoms with Crippen LogP contribution in [0.15, 0.2) is 36.5 Å². The lowest BCUT2D eigenvalue weighted by atomic mass is 10.1. The van der Waals surface area contributed by atoms with Crippen molar-refractivity contribution in [3.8, 4) is 11.5 Å². The second-order valence-corrected chi connectivity index (χ2v) is 15.0. The maximum atomic E-state index is 13.6. The molecule has 1 aliphatic heterocycles. The minimum atomic E-state index is -1.90. The predicted octanol–water partition coefficient (Wildman–Crippen LogP) is 4.08. The molecule has 1 aliphatic rings. The largest absolute Gasteiger partial charge is 0.507 e. The fourth-order valence-electron chi connectivity index (χ4n) is 3.63. The van der Waals surface area contributed by atoms with Crippen LogP contribution in [0.3, 0.4) is 0 Å². The van der Waals surface area contributed by atoms with E-state index < -0.39 is 8.32 Å². The Morgan fingerprint density at radius 1 is 1.29 bits per heavy atom. The van der Waals surface area contributed by atoms with Crippen LogP contribution < -0.4 is 4.74 Å². The molecule has 0 aliphatic carbocycles. The van der Waals surface area contributed by atoms with Gasteiger partial charge in [0.1, 0.15) is 18.1 Å². The Bertz CT molecular complexity index is 1040. The van der Waals surface area contributed by atoms with E-state index in [1.807, 2.05) is 0 Å². The van der Waals surface area contributed by atoms with Crippen LogP contribution in [-0.4, -0.2) is 74.5 Å². The van der Waals surface area contributed by atoms with Gasteiger partial charge in [-0.25, -0.2) is 0 Å². The minimum Gasteiger partial charge on any atom is -0.507 e. The van der Waals surface area contributed by atoms with Crippen molar-refractivity contribution in [3.63, 3.8) is 0 Å². The summed E-state index contributed by atoms with van der Waals surface area (Å²) >= 11 is 0. The molecule has 0 radical (unpaired) electrons. The van der Waals surface area contributed by atoms with Crippen molar-refractivity contribution in [2.24, 2.45) is 0 Å². The van der Waals surface area contributed by atoms with Gasteiger partial charge in [0.25, 0.3) is 5.91 Å². The van der Waals surface area contributed by atoms with E-state index in [9.17, 15) is 14.7 Å². The molecule has 35 heavy (non-hydrogen) atoms. The lowest BCUT2D eigenvalue weighted by Crippen LogP contribution is -2.51. The first-order chi connectivity index (χ1) is 16.5. The highest BCUT2D eigenvalue weighted by atomic mass is 28.4. The molecule has 8 nitrogen and oxygen atoms in total. The van der Waals surface area contributed by atoms with Crippen LogP contribution in [0, 0.1) is 0 Å². The molecule has 1 aromatic heterocycles. The van der Waals surface area contributed by atoms with Crippen molar-refractivity contribution in [1.82, 2.24) is 9.88 Å². The van der Waals surface area contributed by atoms with Gasteiger partial charge in [-0.05, 0) is 42.4 Å². The second kappa shape index (κ2) is 11.3. The molecular formula is C26H36N2O6Si. The van der Waals surface area contributed by atoms with Gasteiger partial charge in [0.2, 0.25) is 0 Å². The maximum absolute atomic E-state index is 13.6.